The molecule has 2 rings (SSSR count). The van der Waals surface area contributed by atoms with E-state index in [1.54, 1.807) is 12.1 Å². The van der Waals surface area contributed by atoms with Gasteiger partial charge in [0.25, 0.3) is 0 Å². The van der Waals surface area contributed by atoms with Crippen LogP contribution < -0.4 is 10.6 Å². The van der Waals surface area contributed by atoms with Crippen molar-refractivity contribution >= 4 is 15.5 Å². The molecule has 0 spiro atoms. The average Bonchev–Trinajstić information content (AvgIpc) is 2.48. The van der Waals surface area contributed by atoms with Crippen LogP contribution in [0.15, 0.2) is 29.2 Å². The molecule has 0 radical (unpaired) electrons. The molecule has 0 bridgehead atoms. The summed E-state index contributed by atoms with van der Waals surface area (Å²) in [6.07, 6.45) is 8.19. The van der Waals surface area contributed by atoms with Crippen LogP contribution in [0.5, 0.6) is 0 Å². The Bertz CT molecular complexity index is 551. The summed E-state index contributed by atoms with van der Waals surface area (Å²) < 4.78 is 24.1. The molecular weight excluding hydrogens is 284 g/mol. The van der Waals surface area contributed by atoms with Crippen LogP contribution in [0.2, 0.25) is 0 Å². The van der Waals surface area contributed by atoms with Gasteiger partial charge >= 0.3 is 0 Å². The van der Waals surface area contributed by atoms with E-state index in [0.29, 0.717) is 17.5 Å². The van der Waals surface area contributed by atoms with Gasteiger partial charge in [0.2, 0.25) is 0 Å². The summed E-state index contributed by atoms with van der Waals surface area (Å²) in [6, 6.07) is 7.79. The molecule has 0 amide bonds. The minimum atomic E-state index is -3.22. The second-order valence-electron chi connectivity index (χ2n) is 5.87. The van der Waals surface area contributed by atoms with E-state index in [2.05, 4.69) is 4.90 Å². The Kier molecular flexibility index (Phi) is 5.65. The maximum absolute atomic E-state index is 12.1. The van der Waals surface area contributed by atoms with Crippen LogP contribution in [0.3, 0.4) is 0 Å². The molecule has 0 saturated heterocycles. The number of anilines is 1. The fraction of sp³-hybridized carbons (Fsp3) is 0.625. The van der Waals surface area contributed by atoms with E-state index in [9.17, 15) is 8.42 Å². The number of benzene rings is 1. The fourth-order valence-electron chi connectivity index (χ4n) is 3.16. The lowest BCUT2D eigenvalue weighted by molar-refractivity contribution is 0.411. The van der Waals surface area contributed by atoms with Crippen molar-refractivity contribution in [3.8, 4) is 0 Å². The van der Waals surface area contributed by atoms with Crippen molar-refractivity contribution in [1.29, 1.82) is 0 Å². The van der Waals surface area contributed by atoms with Gasteiger partial charge in [-0.15, -0.1) is 0 Å². The molecule has 1 aliphatic rings. The first-order valence-corrected chi connectivity index (χ1v) is 9.69. The number of hydrogen-bond acceptors (Lipinski definition) is 4. The normalized spacial score (nSPS) is 16.9. The Labute approximate surface area is 128 Å². The Morgan fingerprint density at radius 2 is 1.86 bits per heavy atom. The topological polar surface area (TPSA) is 63.4 Å². The first-order chi connectivity index (χ1) is 10.0. The van der Waals surface area contributed by atoms with Gasteiger partial charge in [-0.3, -0.25) is 0 Å². The zero-order valence-corrected chi connectivity index (χ0v) is 13.6. The highest BCUT2D eigenvalue weighted by atomic mass is 32.2. The van der Waals surface area contributed by atoms with Crippen LogP contribution in [0, 0.1) is 0 Å². The van der Waals surface area contributed by atoms with Gasteiger partial charge in [0.05, 0.1) is 10.6 Å². The highest BCUT2D eigenvalue weighted by molar-refractivity contribution is 7.90. The molecule has 1 aliphatic carbocycles. The second kappa shape index (κ2) is 7.27. The third kappa shape index (κ3) is 4.20. The molecule has 5 heteroatoms. The zero-order valence-electron chi connectivity index (χ0n) is 12.8. The summed E-state index contributed by atoms with van der Waals surface area (Å²) in [7, 11) is -3.22. The first-order valence-electron chi connectivity index (χ1n) is 7.80. The van der Waals surface area contributed by atoms with Gasteiger partial charge in [-0.2, -0.15) is 0 Å². The third-order valence-electron chi connectivity index (χ3n) is 4.19. The number of nitrogens with two attached hydrogens (primary N) is 1. The molecule has 0 aliphatic heterocycles. The van der Waals surface area contributed by atoms with Gasteiger partial charge in [-0.25, -0.2) is 8.42 Å². The second-order valence-corrected chi connectivity index (χ2v) is 7.85. The molecule has 0 heterocycles. The summed E-state index contributed by atoms with van der Waals surface area (Å²) >= 11 is 0. The molecule has 0 atom stereocenters. The molecule has 1 aromatic carbocycles. The largest absolute Gasteiger partial charge is 0.367 e. The molecule has 1 aromatic rings. The maximum atomic E-state index is 12.1. The van der Waals surface area contributed by atoms with Crippen LogP contribution in [-0.2, 0) is 9.84 Å². The lowest BCUT2D eigenvalue weighted by Gasteiger charge is -2.37. The molecule has 0 aromatic heterocycles. The Morgan fingerprint density at radius 1 is 1.19 bits per heavy atom. The van der Waals surface area contributed by atoms with Crippen LogP contribution >= 0.6 is 0 Å². The van der Waals surface area contributed by atoms with E-state index in [-0.39, 0.29) is 0 Å². The lowest BCUT2D eigenvalue weighted by Crippen LogP contribution is -2.39. The van der Waals surface area contributed by atoms with Crippen LogP contribution in [0.25, 0.3) is 0 Å². The molecule has 2 N–H and O–H groups in total. The van der Waals surface area contributed by atoms with Crippen molar-refractivity contribution in [1.82, 2.24) is 0 Å². The smallest absolute Gasteiger partial charge is 0.177 e. The number of para-hydroxylation sites is 1. The third-order valence-corrected chi connectivity index (χ3v) is 5.34. The summed E-state index contributed by atoms with van der Waals surface area (Å²) in [5.41, 5.74) is 6.51. The zero-order chi connectivity index (χ0) is 15.3. The molecule has 0 unspecified atom stereocenters. The molecular formula is C16H26N2O2S. The van der Waals surface area contributed by atoms with E-state index in [0.717, 1.165) is 31.5 Å². The standard InChI is InChI=1S/C16H26N2O2S/c1-21(19,20)16-11-6-5-10-15(16)18(13-7-12-17)14-8-3-2-4-9-14/h5-6,10-11,14H,2-4,7-9,12-13,17H2,1H3. The van der Waals surface area contributed by atoms with Crippen molar-refractivity contribution in [2.45, 2.75) is 49.5 Å². The van der Waals surface area contributed by atoms with E-state index in [4.69, 9.17) is 5.73 Å². The lowest BCUT2D eigenvalue weighted by atomic mass is 9.93. The summed E-state index contributed by atoms with van der Waals surface area (Å²) in [5.74, 6) is 0. The highest BCUT2D eigenvalue weighted by Crippen LogP contribution is 2.31. The van der Waals surface area contributed by atoms with Gasteiger partial charge in [0.15, 0.2) is 9.84 Å². The van der Waals surface area contributed by atoms with Crippen molar-refractivity contribution in [3.05, 3.63) is 24.3 Å². The summed E-state index contributed by atoms with van der Waals surface area (Å²) in [6.45, 7) is 1.46. The Morgan fingerprint density at radius 3 is 2.48 bits per heavy atom. The van der Waals surface area contributed by atoms with E-state index >= 15 is 0 Å². The first kappa shape index (κ1) is 16.3. The summed E-state index contributed by atoms with van der Waals surface area (Å²) in [4.78, 5) is 2.72. The number of sulfone groups is 1. The van der Waals surface area contributed by atoms with Crippen LogP contribution in [-0.4, -0.2) is 33.8 Å². The average molecular weight is 310 g/mol. The van der Waals surface area contributed by atoms with Crippen LogP contribution in [0.1, 0.15) is 38.5 Å². The van der Waals surface area contributed by atoms with Crippen molar-refractivity contribution < 1.29 is 8.42 Å². The maximum Gasteiger partial charge on any atom is 0.177 e. The van der Waals surface area contributed by atoms with E-state index in [1.807, 2.05) is 12.1 Å². The minimum Gasteiger partial charge on any atom is -0.367 e. The Hall–Kier alpha value is -1.07. The SMILES string of the molecule is CS(=O)(=O)c1ccccc1N(CCCN)C1CCCCC1. The van der Waals surface area contributed by atoms with Gasteiger partial charge in [0.1, 0.15) is 0 Å². The predicted molar refractivity (Wildman–Crippen MR) is 87.4 cm³/mol. The van der Waals surface area contributed by atoms with Crippen molar-refractivity contribution in [2.75, 3.05) is 24.2 Å². The van der Waals surface area contributed by atoms with Crippen LogP contribution in [0.4, 0.5) is 5.69 Å². The molecule has 21 heavy (non-hydrogen) atoms. The van der Waals surface area contributed by atoms with Gasteiger partial charge < -0.3 is 10.6 Å². The monoisotopic (exact) mass is 310 g/mol. The summed E-state index contributed by atoms with van der Waals surface area (Å²) in [5, 5.41) is 0. The molecule has 4 nitrogen and oxygen atoms in total. The predicted octanol–water partition coefficient (Wildman–Crippen LogP) is 2.58. The molecule has 118 valence electrons. The number of hydrogen-bond donors (Lipinski definition) is 1. The van der Waals surface area contributed by atoms with E-state index in [1.165, 1.54) is 25.5 Å². The van der Waals surface area contributed by atoms with Gasteiger partial charge in [-0.05, 0) is 37.9 Å². The van der Waals surface area contributed by atoms with Gasteiger partial charge in [-0.1, -0.05) is 31.4 Å². The quantitative estimate of drug-likeness (QED) is 0.877. The van der Waals surface area contributed by atoms with Crippen molar-refractivity contribution in [2.24, 2.45) is 5.73 Å². The van der Waals surface area contributed by atoms with Crippen molar-refractivity contribution in [3.63, 3.8) is 0 Å². The van der Waals surface area contributed by atoms with Gasteiger partial charge in [0, 0.05) is 18.8 Å². The Balaban J connectivity index is 2.36. The van der Waals surface area contributed by atoms with E-state index < -0.39 is 9.84 Å². The minimum absolute atomic E-state index is 0.438. The number of rotatable bonds is 6. The fourth-order valence-corrected chi connectivity index (χ4v) is 4.05. The molecule has 1 saturated carbocycles. The molecule has 1 fully saturated rings. The highest BCUT2D eigenvalue weighted by Gasteiger charge is 2.25. The number of nitrogens with zero attached hydrogens (tertiary/aromatic N) is 1.